The number of aromatic nitrogens is 1. The van der Waals surface area contributed by atoms with E-state index in [2.05, 4.69) is 4.98 Å². The van der Waals surface area contributed by atoms with Gasteiger partial charge in [-0.3, -0.25) is 9.80 Å². The minimum Gasteiger partial charge on any atom is -0.454 e. The molecule has 190 valence electrons. The molecule has 1 aromatic heterocycles. The molecule has 3 heterocycles. The van der Waals surface area contributed by atoms with Crippen molar-refractivity contribution in [3.8, 4) is 22.6 Å². The molecule has 3 aromatic rings. The zero-order valence-electron chi connectivity index (χ0n) is 19.3. The van der Waals surface area contributed by atoms with Gasteiger partial charge in [0.1, 0.15) is 0 Å². The Kier molecular flexibility index (Phi) is 5.88. The standard InChI is InChI=1S/C23H22F2N4O5S2/c1-13-20(36(26,31)32)35-21(27-13)29-9-3-8-28(22(29)30)16-6-4-14(5-7-16)17-10-15(23(2,24)25)11-18-19(17)34-12-33-18/h4-7,10-11H,3,8-9,12H2,1-2H3,(H2,26,31,32). The predicted molar refractivity (Wildman–Crippen MR) is 130 cm³/mol. The average Bonchev–Trinajstić information content (AvgIpc) is 3.44. The molecular weight excluding hydrogens is 514 g/mol. The molecule has 2 aromatic carbocycles. The number of halogens is 2. The number of fused-ring (bicyclic) bond motifs is 1. The summed E-state index contributed by atoms with van der Waals surface area (Å²) < 4.78 is 62.5. The van der Waals surface area contributed by atoms with Gasteiger partial charge in [0.05, 0.1) is 5.69 Å². The van der Waals surface area contributed by atoms with Gasteiger partial charge >= 0.3 is 6.03 Å². The third-order valence-corrected chi connectivity index (χ3v) is 8.66. The van der Waals surface area contributed by atoms with Crippen LogP contribution in [0.1, 0.15) is 24.6 Å². The van der Waals surface area contributed by atoms with Crippen molar-refractivity contribution < 1.29 is 31.5 Å². The maximum atomic E-state index is 14.0. The van der Waals surface area contributed by atoms with Gasteiger partial charge in [0.25, 0.3) is 5.92 Å². The number of primary sulfonamides is 1. The fraction of sp³-hybridized carbons (Fsp3) is 0.304. The number of carbonyl (C=O) groups excluding carboxylic acids is 1. The van der Waals surface area contributed by atoms with Crippen molar-refractivity contribution in [2.75, 3.05) is 29.7 Å². The quantitative estimate of drug-likeness (QED) is 0.516. The number of aryl methyl sites for hydroxylation is 1. The molecule has 2 aliphatic heterocycles. The molecule has 0 unspecified atom stereocenters. The Morgan fingerprint density at radius 1 is 1.11 bits per heavy atom. The Balaban J connectivity index is 1.44. The maximum absolute atomic E-state index is 14.0. The Morgan fingerprint density at radius 3 is 2.44 bits per heavy atom. The number of nitrogens with zero attached hydrogens (tertiary/aromatic N) is 3. The number of ether oxygens (including phenoxy) is 2. The maximum Gasteiger partial charge on any atom is 0.330 e. The average molecular weight is 537 g/mol. The van der Waals surface area contributed by atoms with Crippen LogP contribution in [0.3, 0.4) is 0 Å². The number of hydrogen-bond acceptors (Lipinski definition) is 7. The lowest BCUT2D eigenvalue weighted by Gasteiger charge is -2.34. The van der Waals surface area contributed by atoms with Crippen LogP contribution in [0.15, 0.2) is 40.6 Å². The van der Waals surface area contributed by atoms with E-state index >= 15 is 0 Å². The highest BCUT2D eigenvalue weighted by Gasteiger charge is 2.33. The second-order valence-electron chi connectivity index (χ2n) is 8.55. The SMILES string of the molecule is Cc1nc(N2CCCN(c3ccc(-c4cc(C(C)(F)F)cc5c4OCO5)cc3)C2=O)sc1S(N)(=O)=O. The van der Waals surface area contributed by atoms with Crippen LogP contribution in [0.25, 0.3) is 11.1 Å². The molecule has 13 heteroatoms. The summed E-state index contributed by atoms with van der Waals surface area (Å²) in [6, 6.07) is 9.20. The molecule has 5 rings (SSSR count). The molecule has 0 aliphatic carbocycles. The summed E-state index contributed by atoms with van der Waals surface area (Å²) in [4.78, 5) is 20.5. The van der Waals surface area contributed by atoms with Gasteiger partial charge in [-0.1, -0.05) is 23.5 Å². The molecule has 2 amide bonds. The molecule has 0 bridgehead atoms. The summed E-state index contributed by atoms with van der Waals surface area (Å²) in [7, 11) is -3.94. The van der Waals surface area contributed by atoms with Gasteiger partial charge in [-0.15, -0.1) is 0 Å². The monoisotopic (exact) mass is 536 g/mol. The zero-order valence-corrected chi connectivity index (χ0v) is 21.0. The fourth-order valence-electron chi connectivity index (χ4n) is 4.19. The van der Waals surface area contributed by atoms with Crippen molar-refractivity contribution in [3.63, 3.8) is 0 Å². The molecule has 1 fully saturated rings. The molecule has 9 nitrogen and oxygen atoms in total. The summed E-state index contributed by atoms with van der Waals surface area (Å²) in [5, 5.41) is 5.51. The molecule has 0 atom stereocenters. The predicted octanol–water partition coefficient (Wildman–Crippen LogP) is 4.44. The van der Waals surface area contributed by atoms with Crippen molar-refractivity contribution >= 4 is 38.2 Å². The molecular formula is C23H22F2N4O5S2. The first-order valence-corrected chi connectivity index (χ1v) is 13.3. The van der Waals surface area contributed by atoms with Gasteiger partial charge < -0.3 is 9.47 Å². The van der Waals surface area contributed by atoms with Crippen molar-refractivity contribution in [1.29, 1.82) is 0 Å². The molecule has 1 saturated heterocycles. The molecule has 2 N–H and O–H groups in total. The Labute approximate surface area is 210 Å². The van der Waals surface area contributed by atoms with Crippen LogP contribution in [0, 0.1) is 6.92 Å². The van der Waals surface area contributed by atoms with Crippen LogP contribution in [-0.4, -0.2) is 39.3 Å². The first-order chi connectivity index (χ1) is 16.9. The summed E-state index contributed by atoms with van der Waals surface area (Å²) in [5.74, 6) is -2.41. The topological polar surface area (TPSA) is 115 Å². The first-order valence-electron chi connectivity index (χ1n) is 10.9. The minimum absolute atomic E-state index is 0.0549. The van der Waals surface area contributed by atoms with E-state index in [4.69, 9.17) is 14.6 Å². The van der Waals surface area contributed by atoms with E-state index in [0.717, 1.165) is 18.3 Å². The smallest absolute Gasteiger partial charge is 0.330 e. The van der Waals surface area contributed by atoms with E-state index in [-0.39, 0.29) is 39.2 Å². The van der Waals surface area contributed by atoms with E-state index in [1.165, 1.54) is 24.0 Å². The highest BCUT2D eigenvalue weighted by atomic mass is 32.2. The second-order valence-corrected chi connectivity index (χ2v) is 11.3. The van der Waals surface area contributed by atoms with Crippen molar-refractivity contribution in [3.05, 3.63) is 47.7 Å². The number of carbonyl (C=O) groups is 1. The fourth-order valence-corrected chi connectivity index (χ4v) is 6.15. The Hall–Kier alpha value is -3.29. The number of anilines is 2. The molecule has 0 spiro atoms. The number of amides is 2. The number of benzene rings is 2. The van der Waals surface area contributed by atoms with E-state index in [9.17, 15) is 22.0 Å². The number of rotatable bonds is 5. The molecule has 0 radical (unpaired) electrons. The van der Waals surface area contributed by atoms with Crippen LogP contribution in [0.5, 0.6) is 11.5 Å². The number of hydrogen-bond donors (Lipinski definition) is 1. The highest BCUT2D eigenvalue weighted by molar-refractivity contribution is 7.91. The third kappa shape index (κ3) is 4.38. The molecule has 2 aliphatic rings. The van der Waals surface area contributed by atoms with Gasteiger partial charge in [0.15, 0.2) is 20.8 Å². The van der Waals surface area contributed by atoms with Crippen molar-refractivity contribution in [2.45, 2.75) is 30.4 Å². The largest absolute Gasteiger partial charge is 0.454 e. The van der Waals surface area contributed by atoms with Crippen molar-refractivity contribution in [2.24, 2.45) is 5.14 Å². The van der Waals surface area contributed by atoms with Crippen LogP contribution < -0.4 is 24.4 Å². The lowest BCUT2D eigenvalue weighted by Crippen LogP contribution is -2.49. The first kappa shape index (κ1) is 24.4. The lowest BCUT2D eigenvalue weighted by molar-refractivity contribution is 0.0173. The highest BCUT2D eigenvalue weighted by Crippen LogP contribution is 2.45. The minimum atomic E-state index is -3.94. The number of nitrogens with two attached hydrogens (primary N) is 1. The van der Waals surface area contributed by atoms with Gasteiger partial charge in [0, 0.05) is 36.8 Å². The molecule has 36 heavy (non-hydrogen) atoms. The van der Waals surface area contributed by atoms with Crippen LogP contribution in [0.4, 0.5) is 24.4 Å². The third-order valence-electron chi connectivity index (χ3n) is 5.93. The zero-order chi connectivity index (χ0) is 25.8. The lowest BCUT2D eigenvalue weighted by atomic mass is 9.98. The molecule has 0 saturated carbocycles. The number of thiazole rings is 1. The van der Waals surface area contributed by atoms with E-state index in [1.807, 2.05) is 0 Å². The summed E-state index contributed by atoms with van der Waals surface area (Å²) in [5.41, 5.74) is 1.74. The van der Waals surface area contributed by atoms with Gasteiger partial charge in [-0.25, -0.2) is 32.1 Å². The Morgan fingerprint density at radius 2 is 1.81 bits per heavy atom. The summed E-state index contributed by atoms with van der Waals surface area (Å²) >= 11 is 0.856. The van der Waals surface area contributed by atoms with Crippen LogP contribution in [0.2, 0.25) is 0 Å². The van der Waals surface area contributed by atoms with E-state index in [0.29, 0.717) is 42.1 Å². The number of alkyl halides is 2. The van der Waals surface area contributed by atoms with Gasteiger partial charge in [-0.2, -0.15) is 0 Å². The van der Waals surface area contributed by atoms with E-state index < -0.39 is 15.9 Å². The van der Waals surface area contributed by atoms with Gasteiger partial charge in [0.2, 0.25) is 16.8 Å². The second kappa shape index (κ2) is 8.68. The van der Waals surface area contributed by atoms with Gasteiger partial charge in [-0.05, 0) is 43.2 Å². The number of urea groups is 1. The summed E-state index contributed by atoms with van der Waals surface area (Å²) in [6.45, 7) is 3.12. The number of sulfonamides is 1. The normalized spacial score (nSPS) is 16.1. The van der Waals surface area contributed by atoms with Crippen molar-refractivity contribution in [1.82, 2.24) is 4.98 Å². The Bertz CT molecular complexity index is 1450. The van der Waals surface area contributed by atoms with Crippen LogP contribution >= 0.6 is 11.3 Å². The summed E-state index contributed by atoms with van der Waals surface area (Å²) in [6.07, 6.45) is 0.628. The van der Waals surface area contributed by atoms with Crippen LogP contribution in [-0.2, 0) is 15.9 Å². The van der Waals surface area contributed by atoms with E-state index in [1.54, 1.807) is 29.2 Å².